The molecule has 0 bridgehead atoms. The molecule has 25 heavy (non-hydrogen) atoms. The number of hydrogen-bond acceptors (Lipinski definition) is 3. The highest BCUT2D eigenvalue weighted by molar-refractivity contribution is 9.09. The summed E-state index contributed by atoms with van der Waals surface area (Å²) in [6, 6.07) is 0. The van der Waals surface area contributed by atoms with Crippen molar-refractivity contribution in [3.8, 4) is 0 Å². The number of carbonyl (C=O) groups is 1. The van der Waals surface area contributed by atoms with Crippen LogP contribution in [0.25, 0.3) is 0 Å². The number of hydrogen-bond donors (Lipinski definition) is 0. The van der Waals surface area contributed by atoms with Crippen molar-refractivity contribution in [2.75, 3.05) is 11.5 Å². The molecular formula is C21H31BrOS2. The van der Waals surface area contributed by atoms with Gasteiger partial charge in [-0.2, -0.15) is 0 Å². The summed E-state index contributed by atoms with van der Waals surface area (Å²) in [5, 5.41) is 0. The van der Waals surface area contributed by atoms with E-state index in [2.05, 4.69) is 53.3 Å². The standard InChI is InChI=1S/C21H31BrOS2/c1-19-8-4-3-5-13(19)6-7-14-15-11-17(22)21(24-9-10-25-21)20(15,2)12-16(23)18(14)19/h13-15,17-18H,3-12H2,1-2H3. The lowest BCUT2D eigenvalue weighted by atomic mass is 9.45. The van der Waals surface area contributed by atoms with Crippen LogP contribution in [0.2, 0.25) is 0 Å². The monoisotopic (exact) mass is 442 g/mol. The van der Waals surface area contributed by atoms with Crippen molar-refractivity contribution in [3.05, 3.63) is 0 Å². The van der Waals surface area contributed by atoms with E-state index in [1.807, 2.05) is 0 Å². The molecule has 4 aliphatic carbocycles. The van der Waals surface area contributed by atoms with Crippen LogP contribution in [-0.4, -0.2) is 26.2 Å². The zero-order valence-electron chi connectivity index (χ0n) is 15.6. The molecule has 0 amide bonds. The van der Waals surface area contributed by atoms with Crippen LogP contribution in [0.4, 0.5) is 0 Å². The molecule has 1 spiro atoms. The maximum atomic E-state index is 13.6. The predicted octanol–water partition coefficient (Wildman–Crippen LogP) is 6.15. The Morgan fingerprint density at radius 3 is 2.60 bits per heavy atom. The number of alkyl halides is 1. The fourth-order valence-corrected chi connectivity index (χ4v) is 13.5. The third kappa shape index (κ3) is 2.20. The smallest absolute Gasteiger partial charge is 0.137 e. The van der Waals surface area contributed by atoms with Gasteiger partial charge in [0.2, 0.25) is 0 Å². The zero-order chi connectivity index (χ0) is 17.4. The van der Waals surface area contributed by atoms with E-state index < -0.39 is 0 Å². The van der Waals surface area contributed by atoms with Gasteiger partial charge < -0.3 is 0 Å². The van der Waals surface area contributed by atoms with Gasteiger partial charge in [-0.05, 0) is 55.3 Å². The fourth-order valence-electron chi connectivity index (χ4n) is 7.97. The van der Waals surface area contributed by atoms with E-state index in [0.29, 0.717) is 27.9 Å². The molecule has 0 N–H and O–H groups in total. The number of ketones is 1. The van der Waals surface area contributed by atoms with Crippen molar-refractivity contribution in [1.29, 1.82) is 0 Å². The number of carbonyl (C=O) groups excluding carboxylic acids is 1. The van der Waals surface area contributed by atoms with Crippen molar-refractivity contribution in [2.45, 2.75) is 74.1 Å². The summed E-state index contributed by atoms with van der Waals surface area (Å²) in [6.07, 6.45) is 10.3. The first-order chi connectivity index (χ1) is 11.9. The number of rotatable bonds is 0. The van der Waals surface area contributed by atoms with Gasteiger partial charge in [0, 0.05) is 34.1 Å². The number of halogens is 1. The second kappa shape index (κ2) is 5.92. The van der Waals surface area contributed by atoms with Crippen molar-refractivity contribution in [1.82, 2.24) is 0 Å². The normalized spacial score (nSPS) is 54.2. The summed E-state index contributed by atoms with van der Waals surface area (Å²) in [5.41, 5.74) is 0.510. The van der Waals surface area contributed by atoms with Crippen LogP contribution in [0, 0.1) is 34.5 Å². The Kier molecular flexibility index (Phi) is 4.24. The van der Waals surface area contributed by atoms with E-state index in [0.717, 1.165) is 18.3 Å². The SMILES string of the molecule is CC12CCCCC1CCC1C2C(=O)CC2(C)C1CC(Br)C21SCCS1. The van der Waals surface area contributed by atoms with Gasteiger partial charge in [-0.25, -0.2) is 0 Å². The van der Waals surface area contributed by atoms with E-state index in [1.54, 1.807) is 0 Å². The quantitative estimate of drug-likeness (QED) is 0.418. The average molecular weight is 444 g/mol. The predicted molar refractivity (Wildman–Crippen MR) is 112 cm³/mol. The minimum Gasteiger partial charge on any atom is -0.299 e. The molecule has 5 aliphatic rings. The molecule has 1 nitrogen and oxygen atoms in total. The van der Waals surface area contributed by atoms with Crippen molar-refractivity contribution >= 4 is 45.2 Å². The third-order valence-corrected chi connectivity index (χ3v) is 14.9. The molecule has 1 saturated heterocycles. The van der Waals surface area contributed by atoms with E-state index in [9.17, 15) is 4.79 Å². The highest BCUT2D eigenvalue weighted by Gasteiger charge is 2.70. The molecule has 4 saturated carbocycles. The van der Waals surface area contributed by atoms with Crippen LogP contribution in [0.15, 0.2) is 0 Å². The first-order valence-electron chi connectivity index (χ1n) is 10.4. The van der Waals surface area contributed by atoms with Crippen LogP contribution >= 0.6 is 39.5 Å². The highest BCUT2D eigenvalue weighted by Crippen LogP contribution is 2.74. The molecule has 5 fully saturated rings. The fraction of sp³-hybridized carbons (Fsp3) is 0.952. The molecule has 7 unspecified atom stereocenters. The Hall–Kier alpha value is 0.850. The summed E-state index contributed by atoms with van der Waals surface area (Å²) in [5.74, 6) is 5.77. The molecule has 5 rings (SSSR count). The molecule has 7 atom stereocenters. The Bertz CT molecular complexity index is 588. The summed E-state index contributed by atoms with van der Waals surface area (Å²) < 4.78 is 0.253. The number of fused-ring (bicyclic) bond motifs is 6. The number of thioether (sulfide) groups is 2. The minimum absolute atomic E-state index is 0.198. The lowest BCUT2D eigenvalue weighted by Crippen LogP contribution is -2.58. The maximum Gasteiger partial charge on any atom is 0.137 e. The highest BCUT2D eigenvalue weighted by atomic mass is 79.9. The van der Waals surface area contributed by atoms with E-state index in [1.165, 1.54) is 56.5 Å². The van der Waals surface area contributed by atoms with Crippen LogP contribution in [0.3, 0.4) is 0 Å². The Labute approximate surface area is 169 Å². The van der Waals surface area contributed by atoms with Crippen molar-refractivity contribution < 1.29 is 4.79 Å². The van der Waals surface area contributed by atoms with Gasteiger partial charge in [0.1, 0.15) is 5.78 Å². The molecule has 1 heterocycles. The molecule has 0 aromatic carbocycles. The van der Waals surface area contributed by atoms with Crippen LogP contribution in [0.5, 0.6) is 0 Å². The zero-order valence-corrected chi connectivity index (χ0v) is 18.8. The molecule has 0 aromatic rings. The van der Waals surface area contributed by atoms with Gasteiger partial charge in [0.15, 0.2) is 0 Å². The molecule has 140 valence electrons. The average Bonchev–Trinajstić information content (AvgIpc) is 3.15. The molecule has 1 aliphatic heterocycles. The van der Waals surface area contributed by atoms with Gasteiger partial charge in [-0.3, -0.25) is 4.79 Å². The van der Waals surface area contributed by atoms with E-state index in [-0.39, 0.29) is 9.49 Å². The van der Waals surface area contributed by atoms with Gasteiger partial charge in [0.25, 0.3) is 0 Å². The molecular weight excluding hydrogens is 412 g/mol. The van der Waals surface area contributed by atoms with Gasteiger partial charge >= 0.3 is 0 Å². The van der Waals surface area contributed by atoms with Crippen LogP contribution < -0.4 is 0 Å². The first kappa shape index (κ1) is 17.9. The number of Topliss-reactive ketones (excluding diaryl/α,β-unsaturated/α-hetero) is 1. The van der Waals surface area contributed by atoms with Gasteiger partial charge in [-0.1, -0.05) is 42.6 Å². The summed E-state index contributed by atoms with van der Waals surface area (Å²) in [6.45, 7) is 5.00. The van der Waals surface area contributed by atoms with E-state index in [4.69, 9.17) is 0 Å². The second-order valence-electron chi connectivity index (χ2n) is 9.90. The van der Waals surface area contributed by atoms with Gasteiger partial charge in [-0.15, -0.1) is 23.5 Å². The molecule has 0 radical (unpaired) electrons. The molecule has 0 aromatic heterocycles. The third-order valence-electron chi connectivity index (χ3n) is 9.05. The van der Waals surface area contributed by atoms with E-state index >= 15 is 0 Å². The second-order valence-corrected chi connectivity index (χ2v) is 13.9. The van der Waals surface area contributed by atoms with Crippen LogP contribution in [-0.2, 0) is 4.79 Å². The summed E-state index contributed by atoms with van der Waals surface area (Å²) in [4.78, 5) is 14.2. The largest absolute Gasteiger partial charge is 0.299 e. The Balaban J connectivity index is 1.55. The Morgan fingerprint density at radius 2 is 1.84 bits per heavy atom. The summed E-state index contributed by atoms with van der Waals surface area (Å²) >= 11 is 8.46. The maximum absolute atomic E-state index is 13.6. The van der Waals surface area contributed by atoms with Crippen molar-refractivity contribution in [3.63, 3.8) is 0 Å². The van der Waals surface area contributed by atoms with Crippen LogP contribution in [0.1, 0.15) is 65.2 Å². The molecule has 4 heteroatoms. The minimum atomic E-state index is 0.198. The lowest BCUT2D eigenvalue weighted by molar-refractivity contribution is -0.155. The summed E-state index contributed by atoms with van der Waals surface area (Å²) in [7, 11) is 0. The lowest BCUT2D eigenvalue weighted by Gasteiger charge is -2.60. The van der Waals surface area contributed by atoms with Gasteiger partial charge in [0.05, 0.1) is 4.08 Å². The Morgan fingerprint density at radius 1 is 1.08 bits per heavy atom. The van der Waals surface area contributed by atoms with Crippen molar-refractivity contribution in [2.24, 2.45) is 34.5 Å². The topological polar surface area (TPSA) is 17.1 Å². The first-order valence-corrected chi connectivity index (χ1v) is 13.3.